The van der Waals surface area contributed by atoms with E-state index in [-0.39, 0.29) is 16.7 Å². The number of fused-ring (bicyclic) bond motifs is 1. The Bertz CT molecular complexity index is 717. The normalized spacial score (nSPS) is 16.8. The van der Waals surface area contributed by atoms with Crippen LogP contribution in [0.15, 0.2) is 35.3 Å². The second kappa shape index (κ2) is 7.62. The lowest BCUT2D eigenvalue weighted by Gasteiger charge is -2.25. The molecule has 122 valence electrons. The van der Waals surface area contributed by atoms with Gasteiger partial charge in [-0.25, -0.2) is 5.10 Å². The van der Waals surface area contributed by atoms with E-state index < -0.39 is 0 Å². The molecule has 2 aromatic rings. The molecule has 0 saturated carbocycles. The van der Waals surface area contributed by atoms with Gasteiger partial charge in [-0.2, -0.15) is 5.10 Å². The van der Waals surface area contributed by atoms with Crippen LogP contribution in [0.25, 0.3) is 0 Å². The lowest BCUT2D eigenvalue weighted by Crippen LogP contribution is -2.16. The number of nitrogens with zero attached hydrogens (tertiary/aromatic N) is 1. The number of aromatic amines is 1. The molecule has 2 N–H and O–H groups in total. The Morgan fingerprint density at radius 3 is 3.17 bits per heavy atom. The van der Waals surface area contributed by atoms with Gasteiger partial charge in [-0.3, -0.25) is 4.79 Å². The first-order chi connectivity index (χ1) is 11.3. The molecule has 23 heavy (non-hydrogen) atoms. The summed E-state index contributed by atoms with van der Waals surface area (Å²) in [6.07, 6.45) is 5.95. The number of rotatable bonds is 6. The molecule has 1 aliphatic carbocycles. The molecule has 1 aromatic carbocycles. The van der Waals surface area contributed by atoms with E-state index >= 15 is 0 Å². The average molecular weight is 334 g/mol. The highest BCUT2D eigenvalue weighted by molar-refractivity contribution is 6.32. The summed E-state index contributed by atoms with van der Waals surface area (Å²) in [6, 6.07) is 8.52. The first-order valence-corrected chi connectivity index (χ1v) is 8.30. The number of hydrogen-bond acceptors (Lipinski definition) is 4. The Kier molecular flexibility index (Phi) is 5.31. The maximum absolute atomic E-state index is 11.3. The predicted molar refractivity (Wildman–Crippen MR) is 91.0 cm³/mol. The van der Waals surface area contributed by atoms with E-state index in [9.17, 15) is 4.79 Å². The largest absolute Gasteiger partial charge is 0.382 e. The summed E-state index contributed by atoms with van der Waals surface area (Å²) >= 11 is 5.91. The fourth-order valence-corrected chi connectivity index (χ4v) is 3.07. The third-order valence-corrected chi connectivity index (χ3v) is 4.44. The molecular weight excluding hydrogens is 314 g/mol. The highest BCUT2D eigenvalue weighted by atomic mass is 35.5. The third kappa shape index (κ3) is 3.92. The summed E-state index contributed by atoms with van der Waals surface area (Å²) in [5, 5.41) is 9.28. The fourth-order valence-electron chi connectivity index (χ4n) is 2.91. The van der Waals surface area contributed by atoms with Crippen molar-refractivity contribution in [1.29, 1.82) is 0 Å². The van der Waals surface area contributed by atoms with Gasteiger partial charge in [0.2, 0.25) is 0 Å². The van der Waals surface area contributed by atoms with E-state index in [4.69, 9.17) is 16.3 Å². The summed E-state index contributed by atoms with van der Waals surface area (Å²) < 4.78 is 6.04. The van der Waals surface area contributed by atoms with Gasteiger partial charge in [-0.05, 0) is 36.8 Å². The molecule has 0 saturated heterocycles. The zero-order valence-electron chi connectivity index (χ0n) is 12.8. The molecule has 0 aliphatic heterocycles. The second-order valence-corrected chi connectivity index (χ2v) is 6.04. The Morgan fingerprint density at radius 2 is 2.26 bits per heavy atom. The van der Waals surface area contributed by atoms with Crippen LogP contribution in [0.1, 0.15) is 36.5 Å². The third-order valence-electron chi connectivity index (χ3n) is 4.07. The summed E-state index contributed by atoms with van der Waals surface area (Å²) in [6.45, 7) is 1.35. The van der Waals surface area contributed by atoms with Crippen LogP contribution in [0.2, 0.25) is 5.02 Å². The van der Waals surface area contributed by atoms with Crippen LogP contribution in [0.4, 0.5) is 5.69 Å². The van der Waals surface area contributed by atoms with Gasteiger partial charge in [0.25, 0.3) is 5.56 Å². The number of hydrogen-bond donors (Lipinski definition) is 2. The van der Waals surface area contributed by atoms with Crippen LogP contribution < -0.4 is 10.9 Å². The number of ether oxygens (including phenoxy) is 1. The van der Waals surface area contributed by atoms with Gasteiger partial charge in [0.1, 0.15) is 5.02 Å². The number of aromatic nitrogens is 2. The van der Waals surface area contributed by atoms with E-state index in [0.29, 0.717) is 18.8 Å². The number of aryl methyl sites for hydroxylation is 1. The standard InChI is InChI=1S/C17H20ClN3O2/c18-16-14(11-20-21-17(16)22)19-9-4-10-23-15-8-3-6-12-5-1-2-7-13(12)15/h1-2,5,7,11,15H,3-4,6,8-10H2,(H2,19,21,22)/t15-/m0/s1. The summed E-state index contributed by atoms with van der Waals surface area (Å²) in [4.78, 5) is 11.3. The lowest BCUT2D eigenvalue weighted by atomic mass is 9.89. The van der Waals surface area contributed by atoms with Gasteiger partial charge in [0.15, 0.2) is 0 Å². The van der Waals surface area contributed by atoms with Gasteiger partial charge < -0.3 is 10.1 Å². The molecule has 0 unspecified atom stereocenters. The van der Waals surface area contributed by atoms with Crippen LogP contribution in [0, 0.1) is 0 Å². The minimum Gasteiger partial charge on any atom is -0.382 e. The van der Waals surface area contributed by atoms with Crippen molar-refractivity contribution in [3.63, 3.8) is 0 Å². The molecule has 0 amide bonds. The first-order valence-electron chi connectivity index (χ1n) is 7.92. The fraction of sp³-hybridized carbons (Fsp3) is 0.412. The summed E-state index contributed by atoms with van der Waals surface area (Å²) in [5.41, 5.74) is 2.90. The zero-order chi connectivity index (χ0) is 16.1. The minimum atomic E-state index is -0.383. The van der Waals surface area contributed by atoms with Gasteiger partial charge in [-0.15, -0.1) is 0 Å². The minimum absolute atomic E-state index is 0.141. The van der Waals surface area contributed by atoms with Crippen molar-refractivity contribution < 1.29 is 4.74 Å². The monoisotopic (exact) mass is 333 g/mol. The van der Waals surface area contributed by atoms with Gasteiger partial charge in [0, 0.05) is 13.2 Å². The Labute approximate surface area is 140 Å². The highest BCUT2D eigenvalue weighted by Crippen LogP contribution is 2.32. The smallest absolute Gasteiger partial charge is 0.285 e. The average Bonchev–Trinajstić information content (AvgIpc) is 2.58. The molecule has 0 bridgehead atoms. The van der Waals surface area contributed by atoms with Crippen LogP contribution in [-0.4, -0.2) is 23.3 Å². The van der Waals surface area contributed by atoms with Crippen LogP contribution in [0.5, 0.6) is 0 Å². The zero-order valence-corrected chi connectivity index (χ0v) is 13.6. The van der Waals surface area contributed by atoms with Crippen molar-refractivity contribution in [1.82, 2.24) is 10.2 Å². The predicted octanol–water partition coefficient (Wildman–Crippen LogP) is 3.32. The maximum Gasteiger partial charge on any atom is 0.285 e. The number of H-pyrrole nitrogens is 1. The molecule has 1 atom stereocenters. The van der Waals surface area contributed by atoms with Crippen molar-refractivity contribution >= 4 is 17.3 Å². The molecule has 1 aliphatic rings. The van der Waals surface area contributed by atoms with Gasteiger partial charge >= 0.3 is 0 Å². The molecule has 0 fully saturated rings. The van der Waals surface area contributed by atoms with E-state index in [2.05, 4.69) is 39.8 Å². The molecule has 0 spiro atoms. The number of nitrogens with one attached hydrogen (secondary N) is 2. The molecular formula is C17H20ClN3O2. The van der Waals surface area contributed by atoms with Crippen molar-refractivity contribution in [2.75, 3.05) is 18.5 Å². The maximum atomic E-state index is 11.3. The number of anilines is 1. The molecule has 3 rings (SSSR count). The van der Waals surface area contributed by atoms with Gasteiger partial charge in [0.05, 0.1) is 18.0 Å². The highest BCUT2D eigenvalue weighted by Gasteiger charge is 2.19. The van der Waals surface area contributed by atoms with Crippen molar-refractivity contribution in [3.8, 4) is 0 Å². The van der Waals surface area contributed by atoms with Crippen LogP contribution >= 0.6 is 11.6 Å². The molecule has 5 nitrogen and oxygen atoms in total. The summed E-state index contributed by atoms with van der Waals surface area (Å²) in [7, 11) is 0. The number of halogens is 1. The Hall–Kier alpha value is -1.85. The van der Waals surface area contributed by atoms with Crippen LogP contribution in [0.3, 0.4) is 0 Å². The second-order valence-electron chi connectivity index (χ2n) is 5.66. The Balaban J connectivity index is 1.46. The lowest BCUT2D eigenvalue weighted by molar-refractivity contribution is 0.0406. The molecule has 1 aromatic heterocycles. The van der Waals surface area contributed by atoms with E-state index in [1.54, 1.807) is 0 Å². The van der Waals surface area contributed by atoms with Crippen LogP contribution in [-0.2, 0) is 11.2 Å². The Morgan fingerprint density at radius 1 is 1.39 bits per heavy atom. The topological polar surface area (TPSA) is 67.0 Å². The van der Waals surface area contributed by atoms with E-state index in [1.165, 1.54) is 23.7 Å². The SMILES string of the molecule is O=c1[nH]ncc(NCCCO[C@H]2CCCc3ccccc32)c1Cl. The van der Waals surface area contributed by atoms with Gasteiger partial charge in [-0.1, -0.05) is 35.9 Å². The first kappa shape index (κ1) is 16.0. The van der Waals surface area contributed by atoms with E-state index in [0.717, 1.165) is 19.3 Å². The van der Waals surface area contributed by atoms with Crippen molar-refractivity contribution in [2.24, 2.45) is 0 Å². The molecule has 1 heterocycles. The molecule has 0 radical (unpaired) electrons. The van der Waals surface area contributed by atoms with E-state index in [1.807, 2.05) is 0 Å². The quantitative estimate of drug-likeness (QED) is 0.796. The number of benzene rings is 1. The van der Waals surface area contributed by atoms with Crippen molar-refractivity contribution in [2.45, 2.75) is 31.8 Å². The summed E-state index contributed by atoms with van der Waals surface area (Å²) in [5.74, 6) is 0. The van der Waals surface area contributed by atoms with Crippen molar-refractivity contribution in [3.05, 3.63) is 57.0 Å². The molecule has 6 heteroatoms.